The molecule has 1 aliphatic rings. The van der Waals surface area contributed by atoms with Gasteiger partial charge in [-0.2, -0.15) is 0 Å². The van der Waals surface area contributed by atoms with Crippen LogP contribution in [-0.4, -0.2) is 21.1 Å². The second kappa shape index (κ2) is 6.68. The molecule has 27 heavy (non-hydrogen) atoms. The molecule has 3 aromatic rings. The van der Waals surface area contributed by atoms with E-state index in [0.29, 0.717) is 11.1 Å². The zero-order chi connectivity index (χ0) is 19.0. The van der Waals surface area contributed by atoms with E-state index in [1.165, 1.54) is 0 Å². The van der Waals surface area contributed by atoms with Gasteiger partial charge in [0.05, 0.1) is 6.42 Å². The molecule has 3 N–H and O–H groups in total. The smallest absolute Gasteiger partial charge is 0.174 e. The van der Waals surface area contributed by atoms with Gasteiger partial charge in [-0.05, 0) is 17.2 Å². The lowest BCUT2D eigenvalue weighted by atomic mass is 9.91. The minimum Gasteiger partial charge on any atom is -0.508 e. The van der Waals surface area contributed by atoms with Gasteiger partial charge in [-0.3, -0.25) is 4.79 Å². The van der Waals surface area contributed by atoms with Crippen LogP contribution in [0.1, 0.15) is 39.6 Å². The summed E-state index contributed by atoms with van der Waals surface area (Å²) in [5.41, 5.74) is 1.86. The Morgan fingerprint density at radius 1 is 0.889 bits per heavy atom. The Balaban J connectivity index is 1.81. The third kappa shape index (κ3) is 3.08. The Bertz CT molecular complexity index is 1010. The van der Waals surface area contributed by atoms with Crippen molar-refractivity contribution in [3.63, 3.8) is 0 Å². The molecule has 3 aromatic carbocycles. The molecule has 0 saturated carbocycles. The minimum atomic E-state index is -0.504. The molecule has 0 aliphatic carbocycles. The van der Waals surface area contributed by atoms with Gasteiger partial charge in [-0.1, -0.05) is 48.5 Å². The predicted molar refractivity (Wildman–Crippen MR) is 99.4 cm³/mol. The first-order valence-corrected chi connectivity index (χ1v) is 8.64. The van der Waals surface area contributed by atoms with Crippen molar-refractivity contribution < 1.29 is 24.9 Å². The summed E-state index contributed by atoms with van der Waals surface area (Å²) in [5, 5.41) is 30.7. The maximum Gasteiger partial charge on any atom is 0.174 e. The van der Waals surface area contributed by atoms with E-state index in [-0.39, 0.29) is 47.2 Å². The first kappa shape index (κ1) is 17.0. The fourth-order valence-electron chi connectivity index (χ4n) is 3.40. The number of fused-ring (bicyclic) bond motifs is 1. The topological polar surface area (TPSA) is 87.0 Å². The van der Waals surface area contributed by atoms with Gasteiger partial charge >= 0.3 is 0 Å². The van der Waals surface area contributed by atoms with E-state index in [9.17, 15) is 20.1 Å². The molecule has 0 spiro atoms. The number of carbonyl (C=O) groups is 1. The maximum atomic E-state index is 12.7. The number of ether oxygens (including phenoxy) is 1. The largest absolute Gasteiger partial charge is 0.508 e. The molecule has 1 heterocycles. The van der Waals surface area contributed by atoms with Crippen LogP contribution in [0.2, 0.25) is 0 Å². The number of para-hydroxylation sites is 1. The predicted octanol–water partition coefficient (Wildman–Crippen LogP) is 4.10. The standard InChI is InChI=1S/C22H18O5/c23-16-9-5-4-8-14(16)10-15-17(24)11-18(25)21-19(26)12-20(27-22(15)21)13-6-2-1-3-7-13/h1-9,11,20,23-25H,10,12H2/t20-/m1/s1. The molecule has 1 atom stereocenters. The molecule has 0 fully saturated rings. The lowest BCUT2D eigenvalue weighted by Crippen LogP contribution is -2.21. The average molecular weight is 362 g/mol. The quantitative estimate of drug-likeness (QED) is 0.653. The molecule has 136 valence electrons. The Morgan fingerprint density at radius 2 is 1.59 bits per heavy atom. The van der Waals surface area contributed by atoms with E-state index < -0.39 is 6.10 Å². The van der Waals surface area contributed by atoms with Crippen LogP contribution in [0.25, 0.3) is 0 Å². The molecule has 0 amide bonds. The fraction of sp³-hybridized carbons (Fsp3) is 0.136. The molecular formula is C22H18O5. The zero-order valence-corrected chi connectivity index (χ0v) is 14.4. The lowest BCUT2D eigenvalue weighted by Gasteiger charge is -2.28. The number of ketones is 1. The third-order valence-corrected chi connectivity index (χ3v) is 4.78. The van der Waals surface area contributed by atoms with Gasteiger partial charge in [0.25, 0.3) is 0 Å². The van der Waals surface area contributed by atoms with Crippen LogP contribution >= 0.6 is 0 Å². The molecule has 5 nitrogen and oxygen atoms in total. The van der Waals surface area contributed by atoms with E-state index in [2.05, 4.69) is 0 Å². The number of phenols is 3. The number of phenolic OH excluding ortho intramolecular Hbond substituents is 3. The van der Waals surface area contributed by atoms with Crippen molar-refractivity contribution >= 4 is 5.78 Å². The van der Waals surface area contributed by atoms with Crippen molar-refractivity contribution in [1.29, 1.82) is 0 Å². The van der Waals surface area contributed by atoms with E-state index in [1.807, 2.05) is 30.3 Å². The van der Waals surface area contributed by atoms with Crippen LogP contribution in [0.5, 0.6) is 23.0 Å². The monoisotopic (exact) mass is 362 g/mol. The van der Waals surface area contributed by atoms with Gasteiger partial charge in [0, 0.05) is 18.1 Å². The van der Waals surface area contributed by atoms with Gasteiger partial charge in [-0.15, -0.1) is 0 Å². The van der Waals surface area contributed by atoms with Gasteiger partial charge in [-0.25, -0.2) is 0 Å². The van der Waals surface area contributed by atoms with Crippen LogP contribution in [0.15, 0.2) is 60.7 Å². The molecule has 0 bridgehead atoms. The molecule has 0 radical (unpaired) electrons. The molecular weight excluding hydrogens is 344 g/mol. The van der Waals surface area contributed by atoms with Crippen LogP contribution in [0.4, 0.5) is 0 Å². The Labute approximate surface area is 156 Å². The van der Waals surface area contributed by atoms with Crippen molar-refractivity contribution in [2.75, 3.05) is 0 Å². The summed E-state index contributed by atoms with van der Waals surface area (Å²) in [6, 6.07) is 17.3. The van der Waals surface area contributed by atoms with Gasteiger partial charge < -0.3 is 20.1 Å². The highest BCUT2D eigenvalue weighted by Gasteiger charge is 2.33. The molecule has 5 heteroatoms. The highest BCUT2D eigenvalue weighted by molar-refractivity contribution is 6.03. The minimum absolute atomic E-state index is 0.0744. The van der Waals surface area contributed by atoms with Gasteiger partial charge in [0.2, 0.25) is 0 Å². The number of Topliss-reactive ketones (excluding diaryl/α,β-unsaturated/α-hetero) is 1. The SMILES string of the molecule is O=C1C[C@H](c2ccccc2)Oc2c(Cc3ccccc3O)c(O)cc(O)c21. The molecule has 0 saturated heterocycles. The molecule has 4 rings (SSSR count). The first-order valence-electron chi connectivity index (χ1n) is 8.64. The Morgan fingerprint density at radius 3 is 2.33 bits per heavy atom. The van der Waals surface area contributed by atoms with E-state index in [4.69, 9.17) is 4.74 Å². The summed E-state index contributed by atoms with van der Waals surface area (Å²) < 4.78 is 6.07. The summed E-state index contributed by atoms with van der Waals surface area (Å²) in [4.78, 5) is 12.7. The zero-order valence-electron chi connectivity index (χ0n) is 14.4. The van der Waals surface area contributed by atoms with E-state index in [1.54, 1.807) is 24.3 Å². The molecule has 0 aromatic heterocycles. The van der Waals surface area contributed by atoms with E-state index in [0.717, 1.165) is 11.6 Å². The van der Waals surface area contributed by atoms with Crippen molar-refractivity contribution in [2.24, 2.45) is 0 Å². The van der Waals surface area contributed by atoms with Crippen molar-refractivity contribution in [3.8, 4) is 23.0 Å². The van der Waals surface area contributed by atoms with Crippen LogP contribution in [-0.2, 0) is 6.42 Å². The highest BCUT2D eigenvalue weighted by atomic mass is 16.5. The lowest BCUT2D eigenvalue weighted by molar-refractivity contribution is 0.0842. The number of benzene rings is 3. The van der Waals surface area contributed by atoms with Crippen LogP contribution in [0, 0.1) is 0 Å². The van der Waals surface area contributed by atoms with Crippen molar-refractivity contribution in [1.82, 2.24) is 0 Å². The van der Waals surface area contributed by atoms with Crippen LogP contribution in [0.3, 0.4) is 0 Å². The second-order valence-corrected chi connectivity index (χ2v) is 6.55. The average Bonchev–Trinajstić information content (AvgIpc) is 2.66. The Hall–Kier alpha value is -3.47. The highest BCUT2D eigenvalue weighted by Crippen LogP contribution is 2.46. The second-order valence-electron chi connectivity index (χ2n) is 6.55. The first-order chi connectivity index (χ1) is 13.0. The third-order valence-electron chi connectivity index (χ3n) is 4.78. The van der Waals surface area contributed by atoms with E-state index >= 15 is 0 Å². The normalized spacial score (nSPS) is 15.9. The number of carbonyl (C=O) groups excluding carboxylic acids is 1. The number of aromatic hydroxyl groups is 3. The molecule has 1 aliphatic heterocycles. The Kier molecular flexibility index (Phi) is 4.20. The summed E-state index contributed by atoms with van der Waals surface area (Å²) in [6.07, 6.45) is -0.239. The van der Waals surface area contributed by atoms with Crippen molar-refractivity contribution in [3.05, 3.63) is 82.9 Å². The van der Waals surface area contributed by atoms with Crippen molar-refractivity contribution in [2.45, 2.75) is 18.9 Å². The summed E-state index contributed by atoms with van der Waals surface area (Å²) >= 11 is 0. The number of hydrogen-bond donors (Lipinski definition) is 3. The maximum absolute atomic E-state index is 12.7. The number of rotatable bonds is 3. The molecule has 0 unspecified atom stereocenters. The van der Waals surface area contributed by atoms with Gasteiger partial charge in [0.1, 0.15) is 34.7 Å². The van der Waals surface area contributed by atoms with Gasteiger partial charge in [0.15, 0.2) is 5.78 Å². The summed E-state index contributed by atoms with van der Waals surface area (Å²) in [5.74, 6) is -0.487. The fourth-order valence-corrected chi connectivity index (χ4v) is 3.40. The summed E-state index contributed by atoms with van der Waals surface area (Å²) in [6.45, 7) is 0. The number of hydrogen-bond acceptors (Lipinski definition) is 5. The van der Waals surface area contributed by atoms with Crippen LogP contribution < -0.4 is 4.74 Å². The summed E-state index contributed by atoms with van der Waals surface area (Å²) in [7, 11) is 0.